The van der Waals surface area contributed by atoms with Crippen molar-refractivity contribution in [2.24, 2.45) is 0 Å². The van der Waals surface area contributed by atoms with E-state index in [4.69, 9.17) is 4.74 Å². The second kappa shape index (κ2) is 6.79. The summed E-state index contributed by atoms with van der Waals surface area (Å²) in [6, 6.07) is 8.30. The molecule has 2 aromatic rings. The highest BCUT2D eigenvalue weighted by Crippen LogP contribution is 2.35. The summed E-state index contributed by atoms with van der Waals surface area (Å²) < 4.78 is 17.9. The zero-order chi connectivity index (χ0) is 18.8. The minimum absolute atomic E-state index is 0.116. The van der Waals surface area contributed by atoms with Crippen LogP contribution in [0, 0.1) is 15.9 Å². The number of rotatable bonds is 5. The van der Waals surface area contributed by atoms with Crippen molar-refractivity contribution in [1.29, 1.82) is 0 Å². The number of nitro benzene ring substituents is 1. The third kappa shape index (κ3) is 3.18. The Morgan fingerprint density at radius 3 is 2.54 bits per heavy atom. The van der Waals surface area contributed by atoms with Gasteiger partial charge in [0.05, 0.1) is 24.5 Å². The van der Waals surface area contributed by atoms with Gasteiger partial charge in [0.2, 0.25) is 5.91 Å². The number of ether oxygens (including phenoxy) is 1. The van der Waals surface area contributed by atoms with Crippen molar-refractivity contribution in [3.63, 3.8) is 0 Å². The number of halogens is 1. The molecule has 1 aliphatic rings. The van der Waals surface area contributed by atoms with Crippen LogP contribution in [0.2, 0.25) is 0 Å². The van der Waals surface area contributed by atoms with Crippen LogP contribution in [0.4, 0.5) is 21.5 Å². The number of nitro groups is 1. The fourth-order valence-corrected chi connectivity index (χ4v) is 2.71. The first-order valence-electron chi connectivity index (χ1n) is 7.62. The molecule has 8 nitrogen and oxygen atoms in total. The molecule has 0 radical (unpaired) electrons. The fourth-order valence-electron chi connectivity index (χ4n) is 2.71. The first-order chi connectivity index (χ1) is 12.4. The van der Waals surface area contributed by atoms with Gasteiger partial charge in [-0.2, -0.15) is 0 Å². The van der Waals surface area contributed by atoms with Crippen molar-refractivity contribution in [3.05, 3.63) is 58.4 Å². The van der Waals surface area contributed by atoms with E-state index in [0.717, 1.165) is 11.0 Å². The molecule has 9 heteroatoms. The zero-order valence-corrected chi connectivity index (χ0v) is 13.6. The Kier molecular flexibility index (Phi) is 4.53. The Labute approximate surface area is 147 Å². The largest absolute Gasteiger partial charge is 0.496 e. The predicted octanol–water partition coefficient (Wildman–Crippen LogP) is 2.49. The summed E-state index contributed by atoms with van der Waals surface area (Å²) in [5.74, 6) is -1.38. The molecule has 26 heavy (non-hydrogen) atoms. The molecular weight excluding hydrogens is 345 g/mol. The molecule has 0 saturated carbocycles. The first-order valence-corrected chi connectivity index (χ1v) is 7.62. The molecule has 1 atom stereocenters. The molecule has 0 spiro atoms. The van der Waals surface area contributed by atoms with E-state index < -0.39 is 34.3 Å². The van der Waals surface area contributed by atoms with Gasteiger partial charge in [-0.15, -0.1) is 0 Å². The molecule has 1 N–H and O–H groups in total. The smallest absolute Gasteiger partial charge is 0.297 e. The minimum atomic E-state index is -0.894. The Bertz CT molecular complexity index is 884. The number of imide groups is 1. The summed E-state index contributed by atoms with van der Waals surface area (Å²) in [7, 11) is 1.35. The van der Waals surface area contributed by atoms with Gasteiger partial charge in [0, 0.05) is 5.69 Å². The summed E-state index contributed by atoms with van der Waals surface area (Å²) in [5.41, 5.74) is -0.0636. The molecule has 1 aliphatic heterocycles. The molecule has 0 aliphatic carbocycles. The SMILES string of the molecule is COc1ccc(N2C(=O)C[C@H](Nc3ccc(F)cc3)C2=O)c([N+](=O)[O-])c1. The molecule has 3 rings (SSSR count). The summed E-state index contributed by atoms with van der Waals surface area (Å²) >= 11 is 0. The van der Waals surface area contributed by atoms with Crippen molar-refractivity contribution in [2.75, 3.05) is 17.3 Å². The number of amides is 2. The van der Waals surface area contributed by atoms with Crippen LogP contribution in [0.25, 0.3) is 0 Å². The van der Waals surface area contributed by atoms with Crippen LogP contribution < -0.4 is 15.0 Å². The predicted molar refractivity (Wildman–Crippen MR) is 90.6 cm³/mol. The van der Waals surface area contributed by atoms with Gasteiger partial charge < -0.3 is 10.1 Å². The number of carbonyl (C=O) groups excluding carboxylic acids is 2. The summed E-state index contributed by atoms with van der Waals surface area (Å²) in [6.07, 6.45) is -0.167. The van der Waals surface area contributed by atoms with Crippen molar-refractivity contribution in [3.8, 4) is 5.75 Å². The highest BCUT2D eigenvalue weighted by atomic mass is 19.1. The average Bonchev–Trinajstić information content (AvgIpc) is 2.90. The molecule has 134 valence electrons. The monoisotopic (exact) mass is 359 g/mol. The van der Waals surface area contributed by atoms with Crippen LogP contribution in [-0.4, -0.2) is 29.9 Å². The van der Waals surface area contributed by atoms with Gasteiger partial charge in [-0.25, -0.2) is 9.29 Å². The Balaban J connectivity index is 1.90. The van der Waals surface area contributed by atoms with Gasteiger partial charge in [-0.05, 0) is 36.4 Å². The Morgan fingerprint density at radius 2 is 1.92 bits per heavy atom. The van der Waals surface area contributed by atoms with E-state index in [1.54, 1.807) is 0 Å². The lowest BCUT2D eigenvalue weighted by molar-refractivity contribution is -0.384. The van der Waals surface area contributed by atoms with E-state index in [1.165, 1.54) is 43.5 Å². The fraction of sp³-hybridized carbons (Fsp3) is 0.176. The number of methoxy groups -OCH3 is 1. The zero-order valence-electron chi connectivity index (χ0n) is 13.6. The van der Waals surface area contributed by atoms with Gasteiger partial charge in [-0.1, -0.05) is 0 Å². The van der Waals surface area contributed by atoms with Gasteiger partial charge in [0.15, 0.2) is 0 Å². The number of hydrogen-bond acceptors (Lipinski definition) is 6. The first kappa shape index (κ1) is 17.3. The maximum absolute atomic E-state index is 13.0. The van der Waals surface area contributed by atoms with Gasteiger partial charge >= 0.3 is 0 Å². The third-order valence-electron chi connectivity index (χ3n) is 3.95. The highest BCUT2D eigenvalue weighted by Gasteiger charge is 2.42. The molecule has 1 fully saturated rings. The standard InChI is InChI=1S/C17H14FN3O5/c1-26-12-6-7-14(15(8-12)21(24)25)20-16(22)9-13(17(20)23)19-11-4-2-10(18)3-5-11/h2-8,13,19H,9H2,1H3/t13-/m0/s1. The van der Waals surface area contributed by atoms with Crippen LogP contribution in [0.1, 0.15) is 6.42 Å². The van der Waals surface area contributed by atoms with Crippen molar-refractivity contribution in [2.45, 2.75) is 12.5 Å². The molecule has 0 bridgehead atoms. The number of nitrogens with zero attached hydrogens (tertiary/aromatic N) is 2. The molecule has 2 aromatic carbocycles. The van der Waals surface area contributed by atoms with E-state index in [-0.39, 0.29) is 17.9 Å². The molecule has 2 amide bonds. The van der Waals surface area contributed by atoms with Crippen molar-refractivity contribution < 1.29 is 23.6 Å². The number of nitrogens with one attached hydrogen (secondary N) is 1. The van der Waals surface area contributed by atoms with Crippen molar-refractivity contribution in [1.82, 2.24) is 0 Å². The van der Waals surface area contributed by atoms with Gasteiger partial charge in [0.25, 0.3) is 11.6 Å². The molecular formula is C17H14FN3O5. The summed E-state index contributed by atoms with van der Waals surface area (Å²) in [4.78, 5) is 36.4. The maximum atomic E-state index is 13.0. The van der Waals surface area contributed by atoms with E-state index in [1.807, 2.05) is 0 Å². The number of hydrogen-bond donors (Lipinski definition) is 1. The molecule has 1 saturated heterocycles. The lowest BCUT2D eigenvalue weighted by Crippen LogP contribution is -2.35. The second-order valence-corrected chi connectivity index (χ2v) is 5.59. The van der Waals surface area contributed by atoms with E-state index in [2.05, 4.69) is 5.32 Å². The van der Waals surface area contributed by atoms with Gasteiger partial charge in [0.1, 0.15) is 23.3 Å². The van der Waals surface area contributed by atoms with E-state index in [9.17, 15) is 24.1 Å². The Morgan fingerprint density at radius 1 is 1.23 bits per heavy atom. The number of benzene rings is 2. The normalized spacial score (nSPS) is 16.7. The topological polar surface area (TPSA) is 102 Å². The molecule has 1 heterocycles. The van der Waals surface area contributed by atoms with Crippen LogP contribution in [0.15, 0.2) is 42.5 Å². The van der Waals surface area contributed by atoms with Crippen LogP contribution in [0.3, 0.4) is 0 Å². The lowest BCUT2D eigenvalue weighted by Gasteiger charge is -2.16. The van der Waals surface area contributed by atoms with Crippen LogP contribution in [0.5, 0.6) is 5.75 Å². The average molecular weight is 359 g/mol. The minimum Gasteiger partial charge on any atom is -0.496 e. The quantitative estimate of drug-likeness (QED) is 0.500. The number of carbonyl (C=O) groups is 2. The molecule has 0 aromatic heterocycles. The second-order valence-electron chi connectivity index (χ2n) is 5.59. The van der Waals surface area contributed by atoms with Crippen molar-refractivity contribution >= 4 is 28.9 Å². The van der Waals surface area contributed by atoms with Crippen LogP contribution >= 0.6 is 0 Å². The van der Waals surface area contributed by atoms with Crippen LogP contribution in [-0.2, 0) is 9.59 Å². The van der Waals surface area contributed by atoms with Gasteiger partial charge in [-0.3, -0.25) is 19.7 Å². The third-order valence-corrected chi connectivity index (χ3v) is 3.95. The lowest BCUT2D eigenvalue weighted by atomic mass is 10.2. The van der Waals surface area contributed by atoms with E-state index >= 15 is 0 Å². The van der Waals surface area contributed by atoms with E-state index in [0.29, 0.717) is 5.69 Å². The highest BCUT2D eigenvalue weighted by molar-refractivity contribution is 6.24. The summed E-state index contributed by atoms with van der Waals surface area (Å²) in [6.45, 7) is 0. The Hall–Kier alpha value is -3.49. The molecule has 0 unspecified atom stereocenters. The number of anilines is 2. The maximum Gasteiger partial charge on any atom is 0.297 e. The summed E-state index contributed by atoms with van der Waals surface area (Å²) in [5, 5.41) is 14.2.